The molecule has 2 heterocycles. The topological polar surface area (TPSA) is 57.7 Å². The van der Waals surface area contributed by atoms with Crippen molar-refractivity contribution in [1.82, 2.24) is 0 Å². The zero-order valence-electron chi connectivity index (χ0n) is 14.8. The normalized spacial score (nSPS) is 21.5. The monoisotopic (exact) mass is 370 g/mol. The van der Waals surface area contributed by atoms with Crippen molar-refractivity contribution < 1.29 is 13.2 Å². The Kier molecular flexibility index (Phi) is 4.23. The minimum atomic E-state index is -3.25. The molecule has 0 spiro atoms. The van der Waals surface area contributed by atoms with Crippen molar-refractivity contribution >= 4 is 27.3 Å². The van der Waals surface area contributed by atoms with Crippen molar-refractivity contribution in [2.24, 2.45) is 0 Å². The molecule has 6 heteroatoms. The van der Waals surface area contributed by atoms with E-state index in [1.165, 1.54) is 9.87 Å². The standard InChI is InChI=1S/C20H22N2O3S/c1-15-10-12-21(19-9-3-2-8-18(15)19)20(23)16-6-4-7-17(14-16)22-11-5-13-26(22,24)25/h2-4,6-9,14-15H,5,10-13H2,1H3. The van der Waals surface area contributed by atoms with Crippen molar-refractivity contribution in [2.45, 2.75) is 25.7 Å². The smallest absolute Gasteiger partial charge is 0.258 e. The first-order valence-corrected chi connectivity index (χ1v) is 10.6. The molecule has 0 aliphatic carbocycles. The zero-order chi connectivity index (χ0) is 18.3. The molecule has 1 unspecified atom stereocenters. The van der Waals surface area contributed by atoms with Crippen LogP contribution in [-0.4, -0.2) is 33.2 Å². The molecule has 0 saturated carbocycles. The van der Waals surface area contributed by atoms with Crippen molar-refractivity contribution in [1.29, 1.82) is 0 Å². The van der Waals surface area contributed by atoms with Gasteiger partial charge in [0, 0.05) is 24.3 Å². The van der Waals surface area contributed by atoms with E-state index in [2.05, 4.69) is 13.0 Å². The molecular weight excluding hydrogens is 348 g/mol. The molecule has 1 amide bonds. The van der Waals surface area contributed by atoms with Gasteiger partial charge in [-0.15, -0.1) is 0 Å². The summed E-state index contributed by atoms with van der Waals surface area (Å²) in [5, 5.41) is 0. The molecule has 0 bridgehead atoms. The Bertz CT molecular complexity index is 955. The lowest BCUT2D eigenvalue weighted by Crippen LogP contribution is -2.36. The van der Waals surface area contributed by atoms with E-state index in [-0.39, 0.29) is 11.7 Å². The minimum absolute atomic E-state index is 0.0807. The Labute approximate surface area is 154 Å². The molecule has 136 valence electrons. The number of benzene rings is 2. The average molecular weight is 370 g/mol. The molecule has 1 saturated heterocycles. The van der Waals surface area contributed by atoms with Crippen LogP contribution in [0.15, 0.2) is 48.5 Å². The third-order valence-electron chi connectivity index (χ3n) is 5.27. The fraction of sp³-hybridized carbons (Fsp3) is 0.350. The summed E-state index contributed by atoms with van der Waals surface area (Å²) in [6.45, 7) is 3.33. The van der Waals surface area contributed by atoms with E-state index in [0.29, 0.717) is 36.7 Å². The van der Waals surface area contributed by atoms with E-state index >= 15 is 0 Å². The summed E-state index contributed by atoms with van der Waals surface area (Å²) in [6, 6.07) is 15.0. The maximum Gasteiger partial charge on any atom is 0.258 e. The lowest BCUT2D eigenvalue weighted by molar-refractivity contribution is 0.0984. The van der Waals surface area contributed by atoms with Crippen LogP contribution < -0.4 is 9.21 Å². The number of nitrogens with zero attached hydrogens (tertiary/aromatic N) is 2. The predicted molar refractivity (Wildman–Crippen MR) is 103 cm³/mol. The summed E-state index contributed by atoms with van der Waals surface area (Å²) < 4.78 is 25.8. The van der Waals surface area contributed by atoms with Gasteiger partial charge in [-0.05, 0) is 48.6 Å². The van der Waals surface area contributed by atoms with Crippen molar-refractivity contribution in [3.05, 3.63) is 59.7 Å². The maximum absolute atomic E-state index is 13.2. The lowest BCUT2D eigenvalue weighted by Gasteiger charge is -2.33. The molecular formula is C20H22N2O3S. The second kappa shape index (κ2) is 6.43. The molecule has 2 aromatic carbocycles. The van der Waals surface area contributed by atoms with Crippen molar-refractivity contribution in [3.8, 4) is 0 Å². The highest BCUT2D eigenvalue weighted by Crippen LogP contribution is 2.36. The van der Waals surface area contributed by atoms with Gasteiger partial charge in [-0.1, -0.05) is 31.2 Å². The summed E-state index contributed by atoms with van der Waals surface area (Å²) in [7, 11) is -3.25. The van der Waals surface area contributed by atoms with Crippen molar-refractivity contribution in [3.63, 3.8) is 0 Å². The van der Waals surface area contributed by atoms with Crippen LogP contribution in [0.1, 0.15) is 41.6 Å². The average Bonchev–Trinajstić information content (AvgIpc) is 3.01. The Balaban J connectivity index is 1.68. The van der Waals surface area contributed by atoms with Crippen LogP contribution in [0.5, 0.6) is 0 Å². The molecule has 2 aliphatic heterocycles. The first-order chi connectivity index (χ1) is 12.5. The quantitative estimate of drug-likeness (QED) is 0.814. The number of hydrogen-bond donors (Lipinski definition) is 0. The Hall–Kier alpha value is -2.34. The van der Waals surface area contributed by atoms with Crippen molar-refractivity contribution in [2.75, 3.05) is 28.0 Å². The molecule has 26 heavy (non-hydrogen) atoms. The first-order valence-electron chi connectivity index (χ1n) is 8.98. The number of fused-ring (bicyclic) bond motifs is 1. The van der Waals surface area contributed by atoms with Gasteiger partial charge in [0.15, 0.2) is 0 Å². The van der Waals surface area contributed by atoms with Crippen LogP contribution in [0, 0.1) is 0 Å². The van der Waals surface area contributed by atoms with Gasteiger partial charge in [0.05, 0.1) is 11.4 Å². The number of amides is 1. The number of rotatable bonds is 2. The molecule has 2 aromatic rings. The SMILES string of the molecule is CC1CCN(C(=O)c2cccc(N3CCCS3(=O)=O)c2)c2ccccc21. The highest BCUT2D eigenvalue weighted by atomic mass is 32.2. The molecule has 5 nitrogen and oxygen atoms in total. The van der Waals surface area contributed by atoms with Crippen LogP contribution in [-0.2, 0) is 10.0 Å². The van der Waals surface area contributed by atoms with Crippen LogP contribution in [0.3, 0.4) is 0 Å². The van der Waals surface area contributed by atoms with E-state index < -0.39 is 10.0 Å². The third-order valence-corrected chi connectivity index (χ3v) is 7.14. The molecule has 4 rings (SSSR count). The number of anilines is 2. The van der Waals surface area contributed by atoms with E-state index in [0.717, 1.165) is 12.1 Å². The van der Waals surface area contributed by atoms with Gasteiger partial charge in [-0.3, -0.25) is 9.10 Å². The maximum atomic E-state index is 13.2. The number of para-hydroxylation sites is 1. The first kappa shape index (κ1) is 17.1. The molecule has 0 radical (unpaired) electrons. The summed E-state index contributed by atoms with van der Waals surface area (Å²) >= 11 is 0. The Morgan fingerprint density at radius 1 is 1.08 bits per heavy atom. The van der Waals surface area contributed by atoms with E-state index in [1.54, 1.807) is 24.3 Å². The largest absolute Gasteiger partial charge is 0.308 e. The predicted octanol–water partition coefficient (Wildman–Crippen LogP) is 3.38. The number of carbonyl (C=O) groups is 1. The second-order valence-corrected chi connectivity index (χ2v) is 9.01. The number of sulfonamides is 1. The van der Waals surface area contributed by atoms with Gasteiger partial charge in [0.1, 0.15) is 0 Å². The van der Waals surface area contributed by atoms with Gasteiger partial charge < -0.3 is 4.90 Å². The van der Waals surface area contributed by atoms with Gasteiger partial charge in [-0.2, -0.15) is 0 Å². The van der Waals surface area contributed by atoms with Crippen LogP contribution in [0.25, 0.3) is 0 Å². The fourth-order valence-electron chi connectivity index (χ4n) is 3.84. The molecule has 2 aliphatic rings. The van der Waals surface area contributed by atoms with Crippen LogP contribution in [0.2, 0.25) is 0 Å². The van der Waals surface area contributed by atoms with E-state index in [1.807, 2.05) is 23.1 Å². The molecule has 1 fully saturated rings. The van der Waals surface area contributed by atoms with E-state index in [9.17, 15) is 13.2 Å². The zero-order valence-corrected chi connectivity index (χ0v) is 15.6. The summed E-state index contributed by atoms with van der Waals surface area (Å²) in [6.07, 6.45) is 1.54. The van der Waals surface area contributed by atoms with Gasteiger partial charge in [-0.25, -0.2) is 8.42 Å². The van der Waals surface area contributed by atoms with Gasteiger partial charge in [0.25, 0.3) is 5.91 Å². The molecule has 0 N–H and O–H groups in total. The van der Waals surface area contributed by atoms with Gasteiger partial charge >= 0.3 is 0 Å². The molecule has 1 atom stereocenters. The summed E-state index contributed by atoms with van der Waals surface area (Å²) in [4.78, 5) is 15.0. The van der Waals surface area contributed by atoms with Crippen LogP contribution in [0.4, 0.5) is 11.4 Å². The Morgan fingerprint density at radius 2 is 1.88 bits per heavy atom. The Morgan fingerprint density at radius 3 is 2.65 bits per heavy atom. The fourth-order valence-corrected chi connectivity index (χ4v) is 5.40. The highest BCUT2D eigenvalue weighted by Gasteiger charge is 2.30. The summed E-state index contributed by atoms with van der Waals surface area (Å²) in [5.41, 5.74) is 3.24. The summed E-state index contributed by atoms with van der Waals surface area (Å²) in [5.74, 6) is 0.516. The van der Waals surface area contributed by atoms with Crippen LogP contribution >= 0.6 is 0 Å². The van der Waals surface area contributed by atoms with Gasteiger partial charge in [0.2, 0.25) is 10.0 Å². The molecule has 0 aromatic heterocycles. The van der Waals surface area contributed by atoms with E-state index in [4.69, 9.17) is 0 Å². The minimum Gasteiger partial charge on any atom is -0.308 e. The second-order valence-electron chi connectivity index (χ2n) is 7.00. The third kappa shape index (κ3) is 2.88. The number of carbonyl (C=O) groups excluding carboxylic acids is 1. The lowest BCUT2D eigenvalue weighted by atomic mass is 9.91. The number of hydrogen-bond acceptors (Lipinski definition) is 3. The highest BCUT2D eigenvalue weighted by molar-refractivity contribution is 7.93.